The average molecular weight is 263 g/mol. The van der Waals surface area contributed by atoms with Gasteiger partial charge in [0.05, 0.1) is 11.9 Å². The molecule has 0 saturated carbocycles. The number of likely N-dealkylation sites (N-methyl/N-ethyl adjacent to an activating group) is 1. The zero-order valence-electron chi connectivity index (χ0n) is 11.0. The van der Waals surface area contributed by atoms with E-state index >= 15 is 0 Å². The van der Waals surface area contributed by atoms with Gasteiger partial charge in [-0.05, 0) is 0 Å². The molecule has 0 aromatic carbocycles. The molecule has 0 bridgehead atoms. The van der Waals surface area contributed by atoms with Crippen LogP contribution in [0.4, 0.5) is 5.69 Å². The lowest BCUT2D eigenvalue weighted by Gasteiger charge is -2.17. The van der Waals surface area contributed by atoms with Crippen LogP contribution < -0.4 is 16.2 Å². The van der Waals surface area contributed by atoms with Crippen LogP contribution in [-0.2, 0) is 13.6 Å². The number of aryl methyl sites for hydroxylation is 1. The van der Waals surface area contributed by atoms with E-state index in [1.807, 2.05) is 11.9 Å². The summed E-state index contributed by atoms with van der Waals surface area (Å²) in [5.41, 5.74) is 6.06. The maximum absolute atomic E-state index is 12.0. The maximum atomic E-state index is 12.0. The van der Waals surface area contributed by atoms with Gasteiger partial charge in [-0.3, -0.25) is 9.48 Å². The van der Waals surface area contributed by atoms with E-state index in [9.17, 15) is 4.79 Å². The van der Waals surface area contributed by atoms with Crippen molar-refractivity contribution in [3.05, 3.63) is 34.8 Å². The van der Waals surface area contributed by atoms with E-state index in [1.54, 1.807) is 24.0 Å². The van der Waals surface area contributed by atoms with E-state index in [-0.39, 0.29) is 5.56 Å². The van der Waals surface area contributed by atoms with Crippen LogP contribution in [0.2, 0.25) is 0 Å². The van der Waals surface area contributed by atoms with Crippen molar-refractivity contribution in [2.45, 2.75) is 6.54 Å². The molecule has 0 fully saturated rings. The van der Waals surface area contributed by atoms with Crippen molar-refractivity contribution in [1.82, 2.24) is 24.5 Å². The van der Waals surface area contributed by atoms with Crippen LogP contribution in [0.25, 0.3) is 0 Å². The largest absolute Gasteiger partial charge is 0.372 e. The second-order valence-corrected chi connectivity index (χ2v) is 4.22. The molecule has 0 aliphatic carbocycles. The van der Waals surface area contributed by atoms with E-state index in [0.29, 0.717) is 25.5 Å². The van der Waals surface area contributed by atoms with Crippen molar-refractivity contribution in [2.75, 3.05) is 25.0 Å². The highest BCUT2D eigenvalue weighted by atomic mass is 16.1. The van der Waals surface area contributed by atoms with Crippen molar-refractivity contribution < 1.29 is 0 Å². The minimum absolute atomic E-state index is 0.177. The van der Waals surface area contributed by atoms with Crippen molar-refractivity contribution >= 4 is 5.69 Å². The Balaban J connectivity index is 2.20. The van der Waals surface area contributed by atoms with E-state index in [2.05, 4.69) is 15.2 Å². The molecular formula is C11H17N7O. The Morgan fingerprint density at radius 3 is 2.79 bits per heavy atom. The number of hydrogen-bond acceptors (Lipinski definition) is 6. The van der Waals surface area contributed by atoms with Gasteiger partial charge in [-0.15, -0.1) is 0 Å². The first-order valence-electron chi connectivity index (χ1n) is 5.93. The molecule has 2 rings (SSSR count). The fourth-order valence-electron chi connectivity index (χ4n) is 1.67. The summed E-state index contributed by atoms with van der Waals surface area (Å²) < 4.78 is 2.96. The summed E-state index contributed by atoms with van der Waals surface area (Å²) in [6.45, 7) is 1.50. The van der Waals surface area contributed by atoms with E-state index in [4.69, 9.17) is 5.73 Å². The van der Waals surface area contributed by atoms with Gasteiger partial charge in [0.25, 0.3) is 5.56 Å². The lowest BCUT2D eigenvalue weighted by Crippen LogP contribution is -2.29. The van der Waals surface area contributed by atoms with Gasteiger partial charge in [-0.25, -0.2) is 9.67 Å². The van der Waals surface area contributed by atoms with Crippen molar-refractivity contribution in [3.63, 3.8) is 0 Å². The second kappa shape index (κ2) is 5.61. The zero-order valence-corrected chi connectivity index (χ0v) is 11.0. The molecule has 19 heavy (non-hydrogen) atoms. The van der Waals surface area contributed by atoms with Gasteiger partial charge >= 0.3 is 0 Å². The summed E-state index contributed by atoms with van der Waals surface area (Å²) >= 11 is 0. The highest BCUT2D eigenvalue weighted by molar-refractivity contribution is 5.41. The van der Waals surface area contributed by atoms with Crippen LogP contribution in [0.15, 0.2) is 23.4 Å². The monoisotopic (exact) mass is 263 g/mol. The number of hydrogen-bond donors (Lipinski definition) is 1. The number of anilines is 1. The Labute approximate surface area is 110 Å². The molecule has 0 amide bonds. The standard InChI is InChI=1S/C11H17N7O/c1-16(4-3-12)9-5-11(19)18(14-6-9)7-10-13-8-15-17(10)2/h5-6,8H,3-4,7,12H2,1-2H3. The Morgan fingerprint density at radius 2 is 2.21 bits per heavy atom. The summed E-state index contributed by atoms with van der Waals surface area (Å²) in [5, 5.41) is 8.09. The molecule has 102 valence electrons. The highest BCUT2D eigenvalue weighted by Gasteiger charge is 2.07. The van der Waals surface area contributed by atoms with Crippen LogP contribution in [0.1, 0.15) is 5.82 Å². The summed E-state index contributed by atoms with van der Waals surface area (Å²) in [7, 11) is 3.65. The Morgan fingerprint density at radius 1 is 1.42 bits per heavy atom. The van der Waals surface area contributed by atoms with Crippen LogP contribution in [0, 0.1) is 0 Å². The molecule has 8 nitrogen and oxygen atoms in total. The van der Waals surface area contributed by atoms with Gasteiger partial charge in [0, 0.05) is 33.3 Å². The molecule has 0 aliphatic rings. The molecular weight excluding hydrogens is 246 g/mol. The highest BCUT2D eigenvalue weighted by Crippen LogP contribution is 2.06. The first kappa shape index (κ1) is 13.2. The lowest BCUT2D eigenvalue weighted by molar-refractivity contribution is 0.580. The number of rotatable bonds is 5. The molecule has 2 aromatic heterocycles. The number of aromatic nitrogens is 5. The Bertz CT molecular complexity index is 603. The minimum atomic E-state index is -0.177. The molecule has 2 N–H and O–H groups in total. The third-order valence-electron chi connectivity index (χ3n) is 2.86. The maximum Gasteiger partial charge on any atom is 0.269 e. The summed E-state index contributed by atoms with van der Waals surface area (Å²) in [6.07, 6.45) is 3.09. The van der Waals surface area contributed by atoms with Gasteiger partial charge < -0.3 is 10.6 Å². The topological polar surface area (TPSA) is 94.9 Å². The number of nitrogens with zero attached hydrogens (tertiary/aromatic N) is 6. The van der Waals surface area contributed by atoms with Crippen LogP contribution >= 0.6 is 0 Å². The average Bonchev–Trinajstić information content (AvgIpc) is 2.78. The molecule has 0 spiro atoms. The van der Waals surface area contributed by atoms with Gasteiger partial charge in [0.15, 0.2) is 0 Å². The van der Waals surface area contributed by atoms with Crippen LogP contribution in [0.5, 0.6) is 0 Å². The predicted molar refractivity (Wildman–Crippen MR) is 70.9 cm³/mol. The van der Waals surface area contributed by atoms with Gasteiger partial charge in [-0.1, -0.05) is 0 Å². The summed E-state index contributed by atoms with van der Waals surface area (Å²) in [5.74, 6) is 0.678. The molecule has 0 unspecified atom stereocenters. The van der Waals surface area contributed by atoms with Crippen LogP contribution in [-0.4, -0.2) is 44.7 Å². The SMILES string of the molecule is CN(CCN)c1cnn(Cc2ncnn2C)c(=O)c1. The molecule has 2 aromatic rings. The van der Waals surface area contributed by atoms with Crippen molar-refractivity contribution in [1.29, 1.82) is 0 Å². The fraction of sp³-hybridized carbons (Fsp3) is 0.455. The second-order valence-electron chi connectivity index (χ2n) is 4.22. The lowest BCUT2D eigenvalue weighted by atomic mass is 10.4. The summed E-state index contributed by atoms with van der Waals surface area (Å²) in [4.78, 5) is 17.9. The van der Waals surface area contributed by atoms with Gasteiger partial charge in [0.1, 0.15) is 18.7 Å². The quantitative estimate of drug-likeness (QED) is 0.729. The third kappa shape index (κ3) is 2.97. The predicted octanol–water partition coefficient (Wildman–Crippen LogP) is -1.18. The molecule has 0 saturated heterocycles. The van der Waals surface area contributed by atoms with E-state index in [1.165, 1.54) is 11.0 Å². The smallest absolute Gasteiger partial charge is 0.269 e. The normalized spacial score (nSPS) is 10.7. The minimum Gasteiger partial charge on any atom is -0.372 e. The summed E-state index contributed by atoms with van der Waals surface area (Å²) in [6, 6.07) is 1.54. The van der Waals surface area contributed by atoms with E-state index < -0.39 is 0 Å². The Kier molecular flexibility index (Phi) is 3.91. The van der Waals surface area contributed by atoms with Crippen molar-refractivity contribution in [2.24, 2.45) is 12.8 Å². The third-order valence-corrected chi connectivity index (χ3v) is 2.86. The van der Waals surface area contributed by atoms with Crippen LogP contribution in [0.3, 0.4) is 0 Å². The molecule has 0 aliphatic heterocycles. The van der Waals surface area contributed by atoms with Gasteiger partial charge in [-0.2, -0.15) is 10.2 Å². The van der Waals surface area contributed by atoms with E-state index in [0.717, 1.165) is 5.69 Å². The first-order valence-corrected chi connectivity index (χ1v) is 5.93. The fourth-order valence-corrected chi connectivity index (χ4v) is 1.67. The zero-order chi connectivity index (χ0) is 13.8. The molecule has 2 heterocycles. The molecule has 8 heteroatoms. The molecule has 0 radical (unpaired) electrons. The number of nitrogens with two attached hydrogens (primary N) is 1. The van der Waals surface area contributed by atoms with Crippen molar-refractivity contribution in [3.8, 4) is 0 Å². The Hall–Kier alpha value is -2.22. The molecule has 0 atom stereocenters. The van der Waals surface area contributed by atoms with Gasteiger partial charge in [0.2, 0.25) is 0 Å². The first-order chi connectivity index (χ1) is 9.11.